The number of hydrogen-bond donors (Lipinski definition) is 1. The first-order chi connectivity index (χ1) is 13.2. The average Bonchev–Trinajstić information content (AvgIpc) is 3.02. The van der Waals surface area contributed by atoms with E-state index in [1.54, 1.807) is 6.07 Å². The smallest absolute Gasteiger partial charge is 0.232 e. The summed E-state index contributed by atoms with van der Waals surface area (Å²) in [5.74, 6) is -0.0848. The quantitative estimate of drug-likeness (QED) is 0.891. The molecule has 5 heteroatoms. The molecular formula is C22H24N4O. The molecule has 2 heterocycles. The molecule has 138 valence electrons. The largest absolute Gasteiger partial charge is 0.325 e. The van der Waals surface area contributed by atoms with Gasteiger partial charge in [0.25, 0.3) is 0 Å². The van der Waals surface area contributed by atoms with E-state index < -0.39 is 0 Å². The van der Waals surface area contributed by atoms with Crippen LogP contribution in [0.1, 0.15) is 29.0 Å². The Labute approximate surface area is 160 Å². The molecular weight excluding hydrogens is 336 g/mol. The highest BCUT2D eigenvalue weighted by atomic mass is 16.2. The van der Waals surface area contributed by atoms with Crippen LogP contribution < -0.4 is 5.32 Å². The second-order valence-electron chi connectivity index (χ2n) is 7.35. The zero-order valence-corrected chi connectivity index (χ0v) is 15.4. The van der Waals surface area contributed by atoms with Crippen molar-refractivity contribution < 1.29 is 4.79 Å². The predicted molar refractivity (Wildman–Crippen MR) is 105 cm³/mol. The highest BCUT2D eigenvalue weighted by molar-refractivity contribution is 6.03. The zero-order valence-electron chi connectivity index (χ0n) is 15.4. The van der Waals surface area contributed by atoms with E-state index in [1.165, 1.54) is 5.56 Å². The highest BCUT2D eigenvalue weighted by Gasteiger charge is 2.31. The fourth-order valence-electron chi connectivity index (χ4n) is 4.01. The number of anilines is 1. The summed E-state index contributed by atoms with van der Waals surface area (Å²) in [6, 6.07) is 18.2. The van der Waals surface area contributed by atoms with Crippen LogP contribution in [0, 0.1) is 11.3 Å². The highest BCUT2D eigenvalue weighted by Crippen LogP contribution is 2.35. The number of fused-ring (bicyclic) bond motifs is 1. The van der Waals surface area contributed by atoms with Gasteiger partial charge in [-0.2, -0.15) is 5.26 Å². The molecule has 4 rings (SSSR count). The van der Waals surface area contributed by atoms with Crippen molar-refractivity contribution in [2.45, 2.75) is 18.9 Å². The van der Waals surface area contributed by atoms with E-state index >= 15 is 0 Å². The van der Waals surface area contributed by atoms with Gasteiger partial charge in [0.1, 0.15) is 0 Å². The molecule has 1 saturated heterocycles. The minimum Gasteiger partial charge on any atom is -0.325 e. The van der Waals surface area contributed by atoms with Gasteiger partial charge in [-0.3, -0.25) is 9.69 Å². The second kappa shape index (κ2) is 7.91. The van der Waals surface area contributed by atoms with Crippen LogP contribution in [0.5, 0.6) is 0 Å². The molecule has 1 fully saturated rings. The van der Waals surface area contributed by atoms with Crippen molar-refractivity contribution >= 4 is 11.6 Å². The fourth-order valence-corrected chi connectivity index (χ4v) is 4.01. The minimum atomic E-state index is -0.143. The third-order valence-corrected chi connectivity index (χ3v) is 5.58. The SMILES string of the molecule is N#Cc1ccc2c(c1)C(CCN1CCN(Cc3ccccc3)CC1)C(=O)N2. The van der Waals surface area contributed by atoms with Gasteiger partial charge in [-0.15, -0.1) is 0 Å². The maximum atomic E-state index is 12.3. The van der Waals surface area contributed by atoms with Crippen LogP contribution in [0.2, 0.25) is 0 Å². The Hall–Kier alpha value is -2.68. The van der Waals surface area contributed by atoms with Gasteiger partial charge in [-0.05, 0) is 42.3 Å². The first kappa shape index (κ1) is 17.7. The van der Waals surface area contributed by atoms with E-state index in [-0.39, 0.29) is 11.8 Å². The average molecular weight is 360 g/mol. The van der Waals surface area contributed by atoms with Gasteiger partial charge in [-0.25, -0.2) is 0 Å². The Morgan fingerprint density at radius 1 is 1.04 bits per heavy atom. The van der Waals surface area contributed by atoms with E-state index in [2.05, 4.69) is 51.5 Å². The number of piperazine rings is 1. The molecule has 0 spiro atoms. The summed E-state index contributed by atoms with van der Waals surface area (Å²) in [6.45, 7) is 6.10. The third kappa shape index (κ3) is 4.02. The molecule has 2 aromatic carbocycles. The molecule has 2 aliphatic rings. The second-order valence-corrected chi connectivity index (χ2v) is 7.35. The Morgan fingerprint density at radius 3 is 2.52 bits per heavy atom. The van der Waals surface area contributed by atoms with E-state index in [4.69, 9.17) is 5.26 Å². The molecule has 0 radical (unpaired) electrons. The molecule has 2 aromatic rings. The van der Waals surface area contributed by atoms with Gasteiger partial charge in [0.15, 0.2) is 0 Å². The molecule has 0 aliphatic carbocycles. The van der Waals surface area contributed by atoms with Gasteiger partial charge in [0.2, 0.25) is 5.91 Å². The van der Waals surface area contributed by atoms with E-state index in [1.807, 2.05) is 12.1 Å². The van der Waals surface area contributed by atoms with Gasteiger partial charge in [0, 0.05) is 38.4 Å². The van der Waals surface area contributed by atoms with E-state index in [0.717, 1.165) is 56.9 Å². The number of benzene rings is 2. The lowest BCUT2D eigenvalue weighted by atomic mass is 9.95. The van der Waals surface area contributed by atoms with Crippen LogP contribution in [0.15, 0.2) is 48.5 Å². The standard InChI is InChI=1S/C22H24N4O/c23-15-18-6-7-21-20(14-18)19(22(27)24-21)8-9-25-10-12-26(13-11-25)16-17-4-2-1-3-5-17/h1-7,14,19H,8-13,16H2,(H,24,27). The normalized spacial score (nSPS) is 20.1. The van der Waals surface area contributed by atoms with Crippen LogP contribution in [-0.4, -0.2) is 48.4 Å². The lowest BCUT2D eigenvalue weighted by Crippen LogP contribution is -2.46. The summed E-state index contributed by atoms with van der Waals surface area (Å²) in [6.07, 6.45) is 0.798. The Bertz CT molecular complexity index is 850. The first-order valence-electron chi connectivity index (χ1n) is 9.56. The molecule has 27 heavy (non-hydrogen) atoms. The molecule has 1 atom stereocenters. The number of carbonyl (C=O) groups is 1. The Balaban J connectivity index is 1.30. The zero-order chi connectivity index (χ0) is 18.6. The first-order valence-corrected chi connectivity index (χ1v) is 9.56. The number of nitrogens with zero attached hydrogens (tertiary/aromatic N) is 3. The maximum Gasteiger partial charge on any atom is 0.232 e. The summed E-state index contributed by atoms with van der Waals surface area (Å²) < 4.78 is 0. The summed E-state index contributed by atoms with van der Waals surface area (Å²) >= 11 is 0. The van der Waals surface area contributed by atoms with Crippen molar-refractivity contribution in [1.82, 2.24) is 9.80 Å². The van der Waals surface area contributed by atoms with Crippen molar-refractivity contribution in [3.63, 3.8) is 0 Å². The lowest BCUT2D eigenvalue weighted by molar-refractivity contribution is -0.117. The van der Waals surface area contributed by atoms with Gasteiger partial charge >= 0.3 is 0 Å². The maximum absolute atomic E-state index is 12.3. The molecule has 1 N–H and O–H groups in total. The number of carbonyl (C=O) groups excluding carboxylic acids is 1. The van der Waals surface area contributed by atoms with Crippen molar-refractivity contribution in [1.29, 1.82) is 5.26 Å². The van der Waals surface area contributed by atoms with E-state index in [9.17, 15) is 4.79 Å². The minimum absolute atomic E-state index is 0.0582. The molecule has 0 aromatic heterocycles. The summed E-state index contributed by atoms with van der Waals surface area (Å²) in [5, 5.41) is 12.1. The van der Waals surface area contributed by atoms with Crippen LogP contribution >= 0.6 is 0 Å². The Morgan fingerprint density at radius 2 is 1.78 bits per heavy atom. The van der Waals surface area contributed by atoms with Crippen LogP contribution in [0.3, 0.4) is 0 Å². The third-order valence-electron chi connectivity index (χ3n) is 5.58. The van der Waals surface area contributed by atoms with Crippen LogP contribution in [0.25, 0.3) is 0 Å². The lowest BCUT2D eigenvalue weighted by Gasteiger charge is -2.35. The fraction of sp³-hybridized carbons (Fsp3) is 0.364. The van der Waals surface area contributed by atoms with Gasteiger partial charge in [0.05, 0.1) is 17.6 Å². The van der Waals surface area contributed by atoms with Crippen molar-refractivity contribution in [3.8, 4) is 6.07 Å². The van der Waals surface area contributed by atoms with Crippen LogP contribution in [0.4, 0.5) is 5.69 Å². The molecule has 1 unspecified atom stereocenters. The Kier molecular flexibility index (Phi) is 5.19. The van der Waals surface area contributed by atoms with Gasteiger partial charge in [-0.1, -0.05) is 30.3 Å². The summed E-state index contributed by atoms with van der Waals surface area (Å²) in [5.41, 5.74) is 3.81. The summed E-state index contributed by atoms with van der Waals surface area (Å²) in [7, 11) is 0. The summed E-state index contributed by atoms with van der Waals surface area (Å²) in [4.78, 5) is 17.3. The van der Waals surface area contributed by atoms with Gasteiger partial charge < -0.3 is 10.2 Å². The van der Waals surface area contributed by atoms with Crippen molar-refractivity contribution in [3.05, 3.63) is 65.2 Å². The monoisotopic (exact) mass is 360 g/mol. The van der Waals surface area contributed by atoms with Crippen molar-refractivity contribution in [2.75, 3.05) is 38.0 Å². The molecule has 0 bridgehead atoms. The molecule has 1 amide bonds. The number of nitrogens with one attached hydrogen (secondary N) is 1. The molecule has 0 saturated carbocycles. The predicted octanol–water partition coefficient (Wildman–Crippen LogP) is 2.80. The van der Waals surface area contributed by atoms with Crippen LogP contribution in [-0.2, 0) is 11.3 Å². The number of rotatable bonds is 5. The number of nitriles is 1. The topological polar surface area (TPSA) is 59.4 Å². The molecule has 5 nitrogen and oxygen atoms in total. The van der Waals surface area contributed by atoms with Crippen molar-refractivity contribution in [2.24, 2.45) is 0 Å². The number of amides is 1. The molecule has 2 aliphatic heterocycles. The number of hydrogen-bond acceptors (Lipinski definition) is 4. The van der Waals surface area contributed by atoms with E-state index in [0.29, 0.717) is 5.56 Å².